The molecule has 17 heavy (non-hydrogen) atoms. The van der Waals surface area contributed by atoms with E-state index in [1.54, 1.807) is 6.07 Å². The van der Waals surface area contributed by atoms with Gasteiger partial charge in [-0.25, -0.2) is 5.53 Å². The number of hydrogen-bond donors (Lipinski definition) is 4. The molecule has 0 unspecified atom stereocenters. The van der Waals surface area contributed by atoms with Crippen molar-refractivity contribution in [3.05, 3.63) is 30.3 Å². The molecule has 5 heteroatoms. The summed E-state index contributed by atoms with van der Waals surface area (Å²) in [6.07, 6.45) is 0. The molecule has 5 nitrogen and oxygen atoms in total. The second-order valence-electron chi connectivity index (χ2n) is 3.80. The SMILES string of the molecule is N=Nc1cc2c(O)[nH]c(O)c2c2ccccc12. The summed E-state index contributed by atoms with van der Waals surface area (Å²) in [5.41, 5.74) is 7.61. The van der Waals surface area contributed by atoms with E-state index in [4.69, 9.17) is 5.53 Å². The number of aromatic amines is 1. The summed E-state index contributed by atoms with van der Waals surface area (Å²) in [5, 5.41) is 25.4. The smallest absolute Gasteiger partial charge is 0.199 e. The normalized spacial score (nSPS) is 11.1. The molecule has 0 amide bonds. The number of fused-ring (bicyclic) bond motifs is 3. The summed E-state index contributed by atoms with van der Waals surface area (Å²) in [6, 6.07) is 8.90. The van der Waals surface area contributed by atoms with Crippen molar-refractivity contribution in [2.45, 2.75) is 0 Å². The summed E-state index contributed by atoms with van der Waals surface area (Å²) < 4.78 is 0. The highest BCUT2D eigenvalue weighted by atomic mass is 16.3. The molecule has 2 aromatic carbocycles. The largest absolute Gasteiger partial charge is 0.494 e. The monoisotopic (exact) mass is 227 g/mol. The Kier molecular flexibility index (Phi) is 1.82. The van der Waals surface area contributed by atoms with Gasteiger partial charge in [-0.2, -0.15) is 5.11 Å². The van der Waals surface area contributed by atoms with Crippen LogP contribution in [0.4, 0.5) is 5.69 Å². The number of nitrogens with one attached hydrogen (secondary N) is 2. The van der Waals surface area contributed by atoms with Crippen molar-refractivity contribution >= 4 is 27.2 Å². The minimum atomic E-state index is -0.117. The average molecular weight is 227 g/mol. The fraction of sp³-hybridized carbons (Fsp3) is 0. The van der Waals surface area contributed by atoms with E-state index in [9.17, 15) is 10.2 Å². The first-order chi connectivity index (χ1) is 8.22. The highest BCUT2D eigenvalue weighted by Gasteiger charge is 2.14. The maximum absolute atomic E-state index is 9.76. The van der Waals surface area contributed by atoms with Gasteiger partial charge in [0.15, 0.2) is 11.8 Å². The zero-order chi connectivity index (χ0) is 12.0. The molecule has 0 bridgehead atoms. The van der Waals surface area contributed by atoms with E-state index in [0.717, 1.165) is 10.8 Å². The third-order valence-electron chi connectivity index (χ3n) is 2.87. The molecule has 0 aliphatic rings. The van der Waals surface area contributed by atoms with Crippen LogP contribution in [0, 0.1) is 5.53 Å². The Morgan fingerprint density at radius 3 is 2.41 bits per heavy atom. The van der Waals surface area contributed by atoms with Crippen LogP contribution in [0.15, 0.2) is 35.4 Å². The van der Waals surface area contributed by atoms with Crippen molar-refractivity contribution in [1.29, 1.82) is 5.53 Å². The number of aromatic hydroxyl groups is 2. The zero-order valence-electron chi connectivity index (χ0n) is 8.73. The molecule has 0 saturated heterocycles. The first-order valence-electron chi connectivity index (χ1n) is 5.05. The fourth-order valence-electron chi connectivity index (χ4n) is 2.13. The fourth-order valence-corrected chi connectivity index (χ4v) is 2.13. The molecular weight excluding hydrogens is 218 g/mol. The third kappa shape index (κ3) is 1.19. The molecule has 0 saturated carbocycles. The summed E-state index contributed by atoms with van der Waals surface area (Å²) in [6.45, 7) is 0. The second-order valence-corrected chi connectivity index (χ2v) is 3.80. The van der Waals surface area contributed by atoms with Gasteiger partial charge in [0.05, 0.1) is 11.1 Å². The minimum Gasteiger partial charge on any atom is -0.494 e. The highest BCUT2D eigenvalue weighted by molar-refractivity contribution is 6.16. The maximum Gasteiger partial charge on any atom is 0.199 e. The zero-order valence-corrected chi connectivity index (χ0v) is 8.73. The van der Waals surface area contributed by atoms with Crippen molar-refractivity contribution in [3.63, 3.8) is 0 Å². The van der Waals surface area contributed by atoms with Gasteiger partial charge in [-0.3, -0.25) is 4.98 Å². The Morgan fingerprint density at radius 1 is 1.00 bits per heavy atom. The van der Waals surface area contributed by atoms with Crippen molar-refractivity contribution in [1.82, 2.24) is 4.98 Å². The van der Waals surface area contributed by atoms with Crippen molar-refractivity contribution in [3.8, 4) is 11.8 Å². The molecule has 0 aliphatic carbocycles. The van der Waals surface area contributed by atoms with Gasteiger partial charge in [0.2, 0.25) is 0 Å². The summed E-state index contributed by atoms with van der Waals surface area (Å²) in [7, 11) is 0. The third-order valence-corrected chi connectivity index (χ3v) is 2.87. The Labute approximate surface area is 95.8 Å². The molecule has 3 aromatic rings. The van der Waals surface area contributed by atoms with Crippen molar-refractivity contribution < 1.29 is 10.2 Å². The Hall–Kier alpha value is -2.56. The van der Waals surface area contributed by atoms with E-state index >= 15 is 0 Å². The van der Waals surface area contributed by atoms with Crippen LogP contribution in [0.1, 0.15) is 0 Å². The minimum absolute atomic E-state index is 0.0785. The molecule has 0 radical (unpaired) electrons. The van der Waals surface area contributed by atoms with Crippen molar-refractivity contribution in [2.24, 2.45) is 5.11 Å². The molecule has 0 fully saturated rings. The Bertz CT molecular complexity index is 746. The van der Waals surface area contributed by atoms with Gasteiger partial charge in [0.25, 0.3) is 0 Å². The summed E-state index contributed by atoms with van der Waals surface area (Å²) in [5.74, 6) is -0.196. The first-order valence-corrected chi connectivity index (χ1v) is 5.05. The number of benzene rings is 2. The van der Waals surface area contributed by atoms with Crippen LogP contribution in [-0.2, 0) is 0 Å². The number of aromatic nitrogens is 1. The Balaban J connectivity index is 2.66. The van der Waals surface area contributed by atoms with Crippen LogP contribution in [0.5, 0.6) is 11.8 Å². The number of hydrogen-bond acceptors (Lipinski definition) is 4. The molecular formula is C12H9N3O2. The molecule has 0 aliphatic heterocycles. The highest BCUT2D eigenvalue weighted by Crippen LogP contribution is 2.41. The van der Waals surface area contributed by atoms with Gasteiger partial charge in [-0.15, -0.1) is 0 Å². The summed E-state index contributed by atoms with van der Waals surface area (Å²) >= 11 is 0. The summed E-state index contributed by atoms with van der Waals surface area (Å²) in [4.78, 5) is 2.47. The lowest BCUT2D eigenvalue weighted by Gasteiger charge is -2.03. The molecule has 4 N–H and O–H groups in total. The van der Waals surface area contributed by atoms with Gasteiger partial charge in [0.1, 0.15) is 0 Å². The molecule has 1 heterocycles. The lowest BCUT2D eigenvalue weighted by atomic mass is 10.0. The van der Waals surface area contributed by atoms with Crippen LogP contribution in [0.2, 0.25) is 0 Å². The van der Waals surface area contributed by atoms with Gasteiger partial charge < -0.3 is 10.2 Å². The van der Waals surface area contributed by atoms with Gasteiger partial charge in [-0.1, -0.05) is 24.3 Å². The van der Waals surface area contributed by atoms with Crippen LogP contribution in [-0.4, -0.2) is 15.2 Å². The quantitative estimate of drug-likeness (QED) is 0.480. The molecule has 0 spiro atoms. The lowest BCUT2D eigenvalue weighted by molar-refractivity contribution is 0.429. The Morgan fingerprint density at radius 2 is 1.71 bits per heavy atom. The predicted molar refractivity (Wildman–Crippen MR) is 63.9 cm³/mol. The van der Waals surface area contributed by atoms with Crippen LogP contribution < -0.4 is 0 Å². The van der Waals surface area contributed by atoms with E-state index in [-0.39, 0.29) is 11.8 Å². The number of H-pyrrole nitrogens is 1. The van der Waals surface area contributed by atoms with E-state index in [1.165, 1.54) is 0 Å². The van der Waals surface area contributed by atoms with Gasteiger partial charge in [-0.05, 0) is 11.5 Å². The number of rotatable bonds is 1. The van der Waals surface area contributed by atoms with Crippen LogP contribution >= 0.6 is 0 Å². The molecule has 84 valence electrons. The predicted octanol–water partition coefficient (Wildman–Crippen LogP) is 3.39. The van der Waals surface area contributed by atoms with Gasteiger partial charge >= 0.3 is 0 Å². The average Bonchev–Trinajstić information content (AvgIpc) is 2.64. The molecule has 0 atom stereocenters. The maximum atomic E-state index is 9.76. The topological polar surface area (TPSA) is 92.5 Å². The molecule has 1 aromatic heterocycles. The van der Waals surface area contributed by atoms with Crippen molar-refractivity contribution in [2.75, 3.05) is 0 Å². The second kappa shape index (κ2) is 3.21. The lowest BCUT2D eigenvalue weighted by Crippen LogP contribution is -1.75. The van der Waals surface area contributed by atoms with E-state index < -0.39 is 0 Å². The van der Waals surface area contributed by atoms with E-state index in [1.807, 2.05) is 24.3 Å². The van der Waals surface area contributed by atoms with Gasteiger partial charge in [0, 0.05) is 10.8 Å². The first kappa shape index (κ1) is 9.65. The van der Waals surface area contributed by atoms with E-state index in [0.29, 0.717) is 16.5 Å². The van der Waals surface area contributed by atoms with E-state index in [2.05, 4.69) is 10.1 Å². The number of nitrogens with zero attached hydrogens (tertiary/aromatic N) is 1. The van der Waals surface area contributed by atoms with Crippen LogP contribution in [0.25, 0.3) is 21.5 Å². The molecule has 3 rings (SSSR count). The van der Waals surface area contributed by atoms with Crippen LogP contribution in [0.3, 0.4) is 0 Å². The standard InChI is InChI=1S/C12H9N3O2/c13-15-9-5-8-10(12(17)14-11(8)16)7-4-2-1-3-6(7)9/h1-5,13-14,16-17H.